The van der Waals surface area contributed by atoms with Gasteiger partial charge in [0.15, 0.2) is 0 Å². The van der Waals surface area contributed by atoms with Crippen LogP contribution in [0.3, 0.4) is 0 Å². The van der Waals surface area contributed by atoms with E-state index in [0.29, 0.717) is 0 Å². The van der Waals surface area contributed by atoms with Crippen LogP contribution in [0.15, 0.2) is 89.9 Å². The number of rotatable bonds is 8. The Bertz CT molecular complexity index is 2230. The maximum Gasteiger partial charge on any atom is 0.522 e. The first-order valence-electron chi connectivity index (χ1n) is 21.0. The molecule has 0 amide bonds. The van der Waals surface area contributed by atoms with Crippen LogP contribution in [0.5, 0.6) is 0 Å². The highest BCUT2D eigenvalue weighted by Gasteiger charge is 2.76. The fraction of sp³-hybridized carbons (Fsp3) is 0.533. The molecule has 4 unspecified atom stereocenters. The molecule has 4 atom stereocenters. The van der Waals surface area contributed by atoms with Crippen LogP contribution in [0.4, 0.5) is 18.9 Å². The third-order valence-electron chi connectivity index (χ3n) is 12.9. The summed E-state index contributed by atoms with van der Waals surface area (Å²) in [4.78, 5) is 0.779. The molecule has 3 aromatic rings. The Labute approximate surface area is 348 Å². The molecule has 2 aliphatic carbocycles. The highest BCUT2D eigenvalue weighted by Crippen LogP contribution is 2.85. The monoisotopic (exact) mass is 869 g/mol. The Hall–Kier alpha value is -2.45. The van der Waals surface area contributed by atoms with Gasteiger partial charge in [0.1, 0.15) is 0 Å². The molecular weight excluding hydrogens is 807 g/mol. The van der Waals surface area contributed by atoms with Gasteiger partial charge in [0.25, 0.3) is 0 Å². The number of halogens is 3. The molecule has 4 aliphatic rings. The van der Waals surface area contributed by atoms with Gasteiger partial charge in [-0.1, -0.05) is 113 Å². The minimum atomic E-state index is -6.20. The van der Waals surface area contributed by atoms with E-state index in [9.17, 15) is 8.42 Å². The van der Waals surface area contributed by atoms with E-state index in [2.05, 4.69) is 108 Å². The van der Waals surface area contributed by atoms with Crippen molar-refractivity contribution < 1.29 is 25.5 Å². The third kappa shape index (κ3) is 6.27. The molecule has 0 N–H and O–H groups in total. The maximum atomic E-state index is 15.5. The molecule has 7 rings (SSSR count). The van der Waals surface area contributed by atoms with Crippen LogP contribution in [0.25, 0.3) is 0 Å². The first-order valence-corrected chi connectivity index (χ1v) is 28.9. The van der Waals surface area contributed by atoms with Crippen molar-refractivity contribution in [1.82, 2.24) is 8.67 Å². The molecule has 1 saturated heterocycles. The normalized spacial score (nSPS) is 25.6. The fourth-order valence-corrected chi connectivity index (χ4v) is 38.5. The molecule has 13 heteroatoms. The minimum absolute atomic E-state index is 0.0210. The number of para-hydroxylation sites is 1. The number of hydrogen-bond donors (Lipinski definition) is 0. The fourth-order valence-electron chi connectivity index (χ4n) is 11.8. The molecule has 58 heavy (non-hydrogen) atoms. The second-order valence-corrected chi connectivity index (χ2v) is 33.2. The predicted octanol–water partition coefficient (Wildman–Crippen LogP) is 12.6. The van der Waals surface area contributed by atoms with E-state index in [1.165, 1.54) is 5.31 Å². The summed E-state index contributed by atoms with van der Waals surface area (Å²) >= 11 is 0. The van der Waals surface area contributed by atoms with Crippen LogP contribution in [-0.2, 0) is 14.0 Å². The second kappa shape index (κ2) is 14.3. The zero-order chi connectivity index (χ0) is 42.8. The largest absolute Gasteiger partial charge is 0.522 e. The SMILES string of the molecule is CC(C)c1cccc(C(C)C)c1N1C2=C(C3CCC2C3)P2(=C(c3ccccc3)[Si]1(OS(=O)(=O)C(F)(F)F)C(C)c1ccccc1)N(C(C)(C)C)[Si](C)(C)N2C(C)(C)C. The van der Waals surface area contributed by atoms with E-state index in [0.717, 1.165) is 57.8 Å². The van der Waals surface area contributed by atoms with Gasteiger partial charge in [0, 0.05) is 45.4 Å². The maximum absolute atomic E-state index is 15.5. The highest BCUT2D eigenvalue weighted by molar-refractivity contribution is 7.91. The summed E-state index contributed by atoms with van der Waals surface area (Å²) < 4.78 is 90.1. The van der Waals surface area contributed by atoms with E-state index in [4.69, 9.17) is 3.87 Å². The van der Waals surface area contributed by atoms with E-state index in [-0.39, 0.29) is 23.7 Å². The van der Waals surface area contributed by atoms with Gasteiger partial charge in [-0.3, -0.25) is 12.5 Å². The van der Waals surface area contributed by atoms with Crippen molar-refractivity contribution in [1.29, 1.82) is 0 Å². The summed E-state index contributed by atoms with van der Waals surface area (Å²) in [5, 5.41) is 1.34. The predicted molar refractivity (Wildman–Crippen MR) is 240 cm³/mol. The van der Waals surface area contributed by atoms with Gasteiger partial charge in [-0.25, -0.2) is 0 Å². The van der Waals surface area contributed by atoms with Crippen molar-refractivity contribution in [3.63, 3.8) is 0 Å². The van der Waals surface area contributed by atoms with E-state index < -0.39 is 56.3 Å². The van der Waals surface area contributed by atoms with Crippen LogP contribution in [0, 0.1) is 11.8 Å². The quantitative estimate of drug-likeness (QED) is 0.128. The lowest BCUT2D eigenvalue weighted by molar-refractivity contribution is -0.0503. The number of benzene rings is 3. The lowest BCUT2D eigenvalue weighted by Crippen LogP contribution is -2.82. The van der Waals surface area contributed by atoms with Gasteiger partial charge in [0.2, 0.25) is 8.40 Å². The standard InChI is InChI=1S/C45H63F3N3O3PSSi2/c1-30(2)37-25-20-26-38(31(3)4)40(37)49-39-35-27-28-36(29-35)41(39)55(50(43(6,7)8)57(12,13)51(55)44(9,10)11)42(34-23-18-15-19-24-34)58(49,54-56(52,53)45(46,47)48)32(5)33-21-16-14-17-22-33/h14-26,30-32,35-36H,27-29H2,1-13H3. The van der Waals surface area contributed by atoms with Gasteiger partial charge in [-0.05, 0) is 120 Å². The molecule has 0 aromatic heterocycles. The zero-order valence-electron chi connectivity index (χ0n) is 36.6. The van der Waals surface area contributed by atoms with E-state index in [1.54, 1.807) is 0 Å². The van der Waals surface area contributed by atoms with Crippen molar-refractivity contribution >= 4 is 44.8 Å². The van der Waals surface area contributed by atoms with Gasteiger partial charge in [0.05, 0.1) is 0 Å². The van der Waals surface area contributed by atoms with Gasteiger partial charge < -0.3 is 4.57 Å². The summed E-state index contributed by atoms with van der Waals surface area (Å²) in [5.41, 5.74) is -1.94. The number of allylic oxidation sites excluding steroid dienone is 2. The molecule has 1 saturated carbocycles. The average Bonchev–Trinajstić information content (AvgIpc) is 3.72. The Morgan fingerprint density at radius 1 is 0.724 bits per heavy atom. The van der Waals surface area contributed by atoms with Crippen molar-refractivity contribution in [2.45, 2.75) is 142 Å². The summed E-state index contributed by atoms with van der Waals surface area (Å²) in [6, 6.07) is 25.7. The molecular formula is C45H63F3N3O3PSSi2. The highest BCUT2D eigenvalue weighted by atomic mass is 32.2. The first kappa shape index (κ1) is 43.6. The van der Waals surface area contributed by atoms with E-state index in [1.807, 2.05) is 73.7 Å². The molecule has 2 fully saturated rings. The lowest BCUT2D eigenvalue weighted by atomic mass is 9.91. The number of nitrogens with zero attached hydrogens (tertiary/aromatic N) is 3. The van der Waals surface area contributed by atoms with Crippen LogP contribution < -0.4 is 4.57 Å². The molecule has 0 radical (unpaired) electrons. The van der Waals surface area contributed by atoms with Gasteiger partial charge in [-0.2, -0.15) is 21.6 Å². The number of hydrogen-bond acceptors (Lipinski definition) is 6. The molecule has 2 aliphatic heterocycles. The molecule has 1 spiro atoms. The van der Waals surface area contributed by atoms with E-state index >= 15 is 13.2 Å². The van der Waals surface area contributed by atoms with Crippen LogP contribution in [0.1, 0.15) is 135 Å². The third-order valence-corrected chi connectivity index (χ3v) is 33.5. The minimum Gasteiger partial charge on any atom is -0.343 e. The van der Waals surface area contributed by atoms with Crippen LogP contribution in [-0.4, -0.2) is 55.5 Å². The number of anilines is 1. The molecule has 6 nitrogen and oxygen atoms in total. The second-order valence-electron chi connectivity index (χ2n) is 20.0. The Morgan fingerprint density at radius 3 is 1.67 bits per heavy atom. The Morgan fingerprint density at radius 2 is 1.21 bits per heavy atom. The summed E-state index contributed by atoms with van der Waals surface area (Å²) in [5.74, 6) is 0.191. The zero-order valence-corrected chi connectivity index (χ0v) is 40.3. The molecule has 316 valence electrons. The van der Waals surface area contributed by atoms with Crippen LogP contribution >= 0.6 is 7.19 Å². The van der Waals surface area contributed by atoms with Gasteiger partial charge in [-0.15, -0.1) is 0 Å². The van der Waals surface area contributed by atoms with Crippen LogP contribution in [0.2, 0.25) is 13.1 Å². The van der Waals surface area contributed by atoms with Crippen molar-refractivity contribution in [3.05, 3.63) is 112 Å². The summed E-state index contributed by atoms with van der Waals surface area (Å²) in [6.45, 7) is 28.7. The average molecular weight is 870 g/mol. The molecule has 2 bridgehead atoms. The Kier molecular flexibility index (Phi) is 10.8. The lowest BCUT2D eigenvalue weighted by Gasteiger charge is -2.77. The summed E-state index contributed by atoms with van der Waals surface area (Å²) in [6.07, 6.45) is 2.77. The Balaban J connectivity index is 1.88. The smallest absolute Gasteiger partial charge is 0.343 e. The number of fused-ring (bicyclic) bond motifs is 5. The van der Waals surface area contributed by atoms with Crippen molar-refractivity contribution in [2.75, 3.05) is 4.57 Å². The molecule has 2 heterocycles. The van der Waals surface area contributed by atoms with Crippen molar-refractivity contribution in [3.8, 4) is 0 Å². The first-order chi connectivity index (χ1) is 26.8. The summed E-state index contributed by atoms with van der Waals surface area (Å²) in [7, 11) is -16.7. The topological polar surface area (TPSA) is 53.1 Å². The van der Waals surface area contributed by atoms with Gasteiger partial charge >= 0.3 is 24.1 Å². The molecule has 3 aromatic carbocycles. The van der Waals surface area contributed by atoms with Crippen molar-refractivity contribution in [2.24, 2.45) is 11.8 Å². The number of alkyl halides is 3.